The summed E-state index contributed by atoms with van der Waals surface area (Å²) in [6, 6.07) is 8.72. The molecule has 1 N–H and O–H groups in total. The highest BCUT2D eigenvalue weighted by Crippen LogP contribution is 2.32. The number of aromatic nitrogens is 1. The van der Waals surface area contributed by atoms with Crippen molar-refractivity contribution in [2.75, 3.05) is 0 Å². The van der Waals surface area contributed by atoms with Gasteiger partial charge in [0, 0.05) is 17.8 Å². The molecular formula is C15H17NO2. The first kappa shape index (κ1) is 11.3. The minimum Gasteiger partial charge on any atom is -0.481 e. The standard InChI is InChI=1S/C15H17NO2/c17-15(18)10-11-5-6-14-12(9-11)7-8-16(14)13-3-1-2-4-13/h5-9,13H,1-4,10H2,(H,17,18). The molecule has 3 rings (SSSR count). The van der Waals surface area contributed by atoms with Gasteiger partial charge in [0.15, 0.2) is 0 Å². The molecule has 0 saturated heterocycles. The predicted octanol–water partition coefficient (Wildman–Crippen LogP) is 3.38. The molecule has 94 valence electrons. The molecular weight excluding hydrogens is 226 g/mol. The molecule has 3 heteroatoms. The van der Waals surface area contributed by atoms with E-state index in [-0.39, 0.29) is 6.42 Å². The quantitative estimate of drug-likeness (QED) is 0.897. The number of carboxylic acid groups (broad SMARTS) is 1. The average Bonchev–Trinajstić information content (AvgIpc) is 2.94. The summed E-state index contributed by atoms with van der Waals surface area (Å²) in [7, 11) is 0. The molecule has 1 aliphatic carbocycles. The van der Waals surface area contributed by atoms with Gasteiger partial charge >= 0.3 is 5.97 Å². The molecule has 1 fully saturated rings. The van der Waals surface area contributed by atoms with Crippen LogP contribution >= 0.6 is 0 Å². The SMILES string of the molecule is O=C(O)Cc1ccc2c(ccn2C2CCCC2)c1. The van der Waals surface area contributed by atoms with Gasteiger partial charge < -0.3 is 9.67 Å². The molecule has 18 heavy (non-hydrogen) atoms. The lowest BCUT2D eigenvalue weighted by Gasteiger charge is -2.13. The summed E-state index contributed by atoms with van der Waals surface area (Å²) in [6.07, 6.45) is 7.42. The van der Waals surface area contributed by atoms with Gasteiger partial charge in [0.1, 0.15) is 0 Å². The highest BCUT2D eigenvalue weighted by Gasteiger charge is 2.18. The molecule has 3 nitrogen and oxygen atoms in total. The zero-order valence-corrected chi connectivity index (χ0v) is 10.3. The molecule has 1 aromatic carbocycles. The van der Waals surface area contributed by atoms with E-state index in [0.717, 1.165) is 10.9 Å². The van der Waals surface area contributed by atoms with E-state index < -0.39 is 5.97 Å². The van der Waals surface area contributed by atoms with Crippen LogP contribution in [0.4, 0.5) is 0 Å². The zero-order chi connectivity index (χ0) is 12.5. The molecule has 1 aliphatic rings. The smallest absolute Gasteiger partial charge is 0.307 e. The second-order valence-corrected chi connectivity index (χ2v) is 5.12. The molecule has 0 atom stereocenters. The van der Waals surface area contributed by atoms with Crippen LogP contribution in [0.3, 0.4) is 0 Å². The molecule has 0 bridgehead atoms. The van der Waals surface area contributed by atoms with Crippen molar-refractivity contribution >= 4 is 16.9 Å². The lowest BCUT2D eigenvalue weighted by Crippen LogP contribution is -2.03. The van der Waals surface area contributed by atoms with E-state index in [9.17, 15) is 4.79 Å². The highest BCUT2D eigenvalue weighted by atomic mass is 16.4. The van der Waals surface area contributed by atoms with Gasteiger partial charge in [-0.2, -0.15) is 0 Å². The van der Waals surface area contributed by atoms with Crippen LogP contribution in [-0.2, 0) is 11.2 Å². The van der Waals surface area contributed by atoms with Crippen molar-refractivity contribution in [1.82, 2.24) is 4.57 Å². The number of fused-ring (bicyclic) bond motifs is 1. The Kier molecular flexibility index (Phi) is 2.82. The summed E-state index contributed by atoms with van der Waals surface area (Å²) in [6.45, 7) is 0. The fraction of sp³-hybridized carbons (Fsp3) is 0.400. The van der Waals surface area contributed by atoms with Crippen LogP contribution in [0.5, 0.6) is 0 Å². The second kappa shape index (κ2) is 4.48. The Morgan fingerprint density at radius 1 is 1.28 bits per heavy atom. The second-order valence-electron chi connectivity index (χ2n) is 5.12. The van der Waals surface area contributed by atoms with E-state index in [1.54, 1.807) is 0 Å². The van der Waals surface area contributed by atoms with Crippen molar-refractivity contribution < 1.29 is 9.90 Å². The van der Waals surface area contributed by atoms with Gasteiger partial charge in [-0.3, -0.25) is 4.79 Å². The average molecular weight is 243 g/mol. The normalized spacial score (nSPS) is 16.4. The van der Waals surface area contributed by atoms with Gasteiger partial charge in [0.25, 0.3) is 0 Å². The van der Waals surface area contributed by atoms with Crippen LogP contribution < -0.4 is 0 Å². The lowest BCUT2D eigenvalue weighted by atomic mass is 10.1. The van der Waals surface area contributed by atoms with Crippen LogP contribution in [0, 0.1) is 0 Å². The van der Waals surface area contributed by atoms with Crippen LogP contribution in [0.15, 0.2) is 30.5 Å². The molecule has 1 saturated carbocycles. The van der Waals surface area contributed by atoms with Crippen LogP contribution in [0.25, 0.3) is 10.9 Å². The molecule has 0 spiro atoms. The van der Waals surface area contributed by atoms with Gasteiger partial charge in [-0.15, -0.1) is 0 Å². The van der Waals surface area contributed by atoms with Gasteiger partial charge in [-0.05, 0) is 42.0 Å². The van der Waals surface area contributed by atoms with E-state index in [1.165, 1.54) is 31.2 Å². The van der Waals surface area contributed by atoms with Crippen molar-refractivity contribution in [2.24, 2.45) is 0 Å². The molecule has 2 aromatic rings. The van der Waals surface area contributed by atoms with Crippen molar-refractivity contribution in [2.45, 2.75) is 38.1 Å². The van der Waals surface area contributed by atoms with Gasteiger partial charge in [0.2, 0.25) is 0 Å². The largest absolute Gasteiger partial charge is 0.481 e. The molecule has 0 aliphatic heterocycles. The summed E-state index contributed by atoms with van der Waals surface area (Å²) in [5, 5.41) is 9.96. The summed E-state index contributed by atoms with van der Waals surface area (Å²) >= 11 is 0. The van der Waals surface area contributed by atoms with E-state index in [2.05, 4.69) is 22.9 Å². The van der Waals surface area contributed by atoms with E-state index in [0.29, 0.717) is 6.04 Å². The lowest BCUT2D eigenvalue weighted by molar-refractivity contribution is -0.136. The number of nitrogens with zero attached hydrogens (tertiary/aromatic N) is 1. The van der Waals surface area contributed by atoms with E-state index >= 15 is 0 Å². The van der Waals surface area contributed by atoms with Crippen LogP contribution in [0.2, 0.25) is 0 Å². The monoisotopic (exact) mass is 243 g/mol. The third-order valence-electron chi connectivity index (χ3n) is 3.86. The summed E-state index contributed by atoms with van der Waals surface area (Å²) < 4.78 is 2.35. The minimum absolute atomic E-state index is 0.102. The fourth-order valence-corrected chi connectivity index (χ4v) is 3.00. The number of hydrogen-bond donors (Lipinski definition) is 1. The number of aliphatic carboxylic acids is 1. The highest BCUT2D eigenvalue weighted by molar-refractivity contribution is 5.82. The number of hydrogen-bond acceptors (Lipinski definition) is 1. The summed E-state index contributed by atoms with van der Waals surface area (Å²) in [4.78, 5) is 10.7. The van der Waals surface area contributed by atoms with Crippen molar-refractivity contribution in [1.29, 1.82) is 0 Å². The molecule has 1 aromatic heterocycles. The van der Waals surface area contributed by atoms with Crippen LogP contribution in [-0.4, -0.2) is 15.6 Å². The molecule has 0 unspecified atom stereocenters. The number of carbonyl (C=O) groups is 1. The van der Waals surface area contributed by atoms with E-state index in [1.807, 2.05) is 12.1 Å². The Morgan fingerprint density at radius 3 is 2.78 bits per heavy atom. The zero-order valence-electron chi connectivity index (χ0n) is 10.3. The number of rotatable bonds is 3. The maximum absolute atomic E-state index is 10.7. The number of benzene rings is 1. The Balaban J connectivity index is 1.96. The molecule has 0 radical (unpaired) electrons. The Hall–Kier alpha value is -1.77. The maximum atomic E-state index is 10.7. The van der Waals surface area contributed by atoms with Gasteiger partial charge in [-0.1, -0.05) is 18.9 Å². The van der Waals surface area contributed by atoms with E-state index in [4.69, 9.17) is 5.11 Å². The van der Waals surface area contributed by atoms with Gasteiger partial charge in [0.05, 0.1) is 6.42 Å². The van der Waals surface area contributed by atoms with Crippen molar-refractivity contribution in [3.8, 4) is 0 Å². The first-order valence-corrected chi connectivity index (χ1v) is 6.55. The predicted molar refractivity (Wildman–Crippen MR) is 70.8 cm³/mol. The Labute approximate surface area is 106 Å². The maximum Gasteiger partial charge on any atom is 0.307 e. The third kappa shape index (κ3) is 2.01. The van der Waals surface area contributed by atoms with Crippen LogP contribution in [0.1, 0.15) is 37.3 Å². The van der Waals surface area contributed by atoms with Gasteiger partial charge in [-0.25, -0.2) is 0 Å². The Morgan fingerprint density at radius 2 is 2.06 bits per heavy atom. The first-order valence-electron chi connectivity index (χ1n) is 6.55. The first-order chi connectivity index (χ1) is 8.74. The molecule has 0 amide bonds. The summed E-state index contributed by atoms with van der Waals surface area (Å²) in [5.74, 6) is -0.774. The fourth-order valence-electron chi connectivity index (χ4n) is 3.00. The minimum atomic E-state index is -0.774. The third-order valence-corrected chi connectivity index (χ3v) is 3.86. The van der Waals surface area contributed by atoms with Crippen molar-refractivity contribution in [3.05, 3.63) is 36.0 Å². The summed E-state index contributed by atoms with van der Waals surface area (Å²) in [5.41, 5.74) is 2.11. The number of carboxylic acids is 1. The topological polar surface area (TPSA) is 42.2 Å². The Bertz CT molecular complexity index is 579. The van der Waals surface area contributed by atoms with Crippen molar-refractivity contribution in [3.63, 3.8) is 0 Å². The molecule has 1 heterocycles.